The quantitative estimate of drug-likeness (QED) is 0.722. The van der Waals surface area contributed by atoms with Crippen molar-refractivity contribution in [3.05, 3.63) is 41.5 Å². The van der Waals surface area contributed by atoms with Crippen LogP contribution in [0.5, 0.6) is 0 Å². The number of sulfonamides is 1. The Labute approximate surface area is 123 Å². The van der Waals surface area contributed by atoms with Crippen LogP contribution in [0.4, 0.5) is 11.4 Å². The van der Waals surface area contributed by atoms with E-state index >= 15 is 0 Å². The van der Waals surface area contributed by atoms with E-state index < -0.39 is 10.0 Å². The highest BCUT2D eigenvalue weighted by Crippen LogP contribution is 2.26. The van der Waals surface area contributed by atoms with Gasteiger partial charge in [0.15, 0.2) is 0 Å². The Kier molecular flexibility index (Phi) is 4.10. The van der Waals surface area contributed by atoms with Gasteiger partial charge in [-0.1, -0.05) is 0 Å². The molecule has 1 aromatic heterocycles. The fraction of sp³-hybridized carbons (Fsp3) is 0.231. The fourth-order valence-corrected chi connectivity index (χ4v) is 2.72. The Morgan fingerprint density at radius 3 is 2.48 bits per heavy atom. The second-order valence-corrected chi connectivity index (χ2v) is 6.27. The van der Waals surface area contributed by atoms with Gasteiger partial charge in [-0.15, -0.1) is 0 Å². The van der Waals surface area contributed by atoms with E-state index in [0.29, 0.717) is 23.5 Å². The molecule has 0 saturated carbocycles. The summed E-state index contributed by atoms with van der Waals surface area (Å²) in [6.07, 6.45) is 3.32. The minimum atomic E-state index is -3.82. The van der Waals surface area contributed by atoms with Crippen LogP contribution in [0.25, 0.3) is 0 Å². The first-order valence-electron chi connectivity index (χ1n) is 6.21. The number of anilines is 2. The molecule has 0 atom stereocenters. The predicted molar refractivity (Wildman–Crippen MR) is 81.1 cm³/mol. The lowest BCUT2D eigenvalue weighted by Gasteiger charge is -2.13. The van der Waals surface area contributed by atoms with Crippen LogP contribution in [0.3, 0.4) is 0 Å². The molecule has 2 aromatic rings. The molecule has 0 unspecified atom stereocenters. The van der Waals surface area contributed by atoms with E-state index in [1.807, 2.05) is 6.92 Å². The van der Waals surface area contributed by atoms with Gasteiger partial charge in [-0.25, -0.2) is 13.6 Å². The molecule has 0 fully saturated rings. The monoisotopic (exact) mass is 307 g/mol. The van der Waals surface area contributed by atoms with Crippen LogP contribution in [0, 0.1) is 13.8 Å². The lowest BCUT2D eigenvalue weighted by atomic mass is 10.1. The standard InChI is InChI=1S/C13H17N5O2S/c1-8-5-17-11(6-16-8)7-18-12-3-10(14)4-13(9(12)2)21(15,19)20/h3-6,18H,7,14H2,1-2H3,(H2,15,19,20). The van der Waals surface area contributed by atoms with Crippen molar-refractivity contribution < 1.29 is 8.42 Å². The van der Waals surface area contributed by atoms with Gasteiger partial charge in [-0.2, -0.15) is 0 Å². The lowest BCUT2D eigenvalue weighted by Crippen LogP contribution is -2.15. The second-order valence-electron chi connectivity index (χ2n) is 4.74. The number of primary sulfonamides is 1. The van der Waals surface area contributed by atoms with Gasteiger partial charge >= 0.3 is 0 Å². The average molecular weight is 307 g/mol. The number of hydrogen-bond donors (Lipinski definition) is 3. The third-order valence-corrected chi connectivity index (χ3v) is 4.02. The van der Waals surface area contributed by atoms with Gasteiger partial charge in [0, 0.05) is 17.6 Å². The van der Waals surface area contributed by atoms with Gasteiger partial charge in [-0.05, 0) is 31.5 Å². The average Bonchev–Trinajstić information content (AvgIpc) is 2.40. The summed E-state index contributed by atoms with van der Waals surface area (Å²) in [7, 11) is -3.82. The zero-order valence-corrected chi connectivity index (χ0v) is 12.6. The molecule has 8 heteroatoms. The summed E-state index contributed by atoms with van der Waals surface area (Å²) in [6, 6.07) is 3.01. The first-order valence-corrected chi connectivity index (χ1v) is 7.76. The van der Waals surface area contributed by atoms with E-state index in [4.69, 9.17) is 10.9 Å². The van der Waals surface area contributed by atoms with Gasteiger partial charge < -0.3 is 11.1 Å². The van der Waals surface area contributed by atoms with Crippen molar-refractivity contribution in [1.29, 1.82) is 0 Å². The normalized spacial score (nSPS) is 11.4. The number of aryl methyl sites for hydroxylation is 1. The molecule has 0 aliphatic heterocycles. The zero-order chi connectivity index (χ0) is 15.6. The Morgan fingerprint density at radius 2 is 1.90 bits per heavy atom. The SMILES string of the molecule is Cc1cnc(CNc2cc(N)cc(S(N)(=O)=O)c2C)cn1. The highest BCUT2D eigenvalue weighted by atomic mass is 32.2. The molecule has 7 nitrogen and oxygen atoms in total. The van der Waals surface area contributed by atoms with Crippen molar-refractivity contribution >= 4 is 21.4 Å². The van der Waals surface area contributed by atoms with E-state index in [-0.39, 0.29) is 4.90 Å². The van der Waals surface area contributed by atoms with Crippen molar-refractivity contribution in [1.82, 2.24) is 9.97 Å². The van der Waals surface area contributed by atoms with Crippen molar-refractivity contribution in [3.63, 3.8) is 0 Å². The Balaban J connectivity index is 2.28. The summed E-state index contributed by atoms with van der Waals surface area (Å²) in [6.45, 7) is 3.93. The number of benzene rings is 1. The smallest absolute Gasteiger partial charge is 0.238 e. The van der Waals surface area contributed by atoms with Crippen LogP contribution in [-0.2, 0) is 16.6 Å². The molecule has 112 valence electrons. The molecular formula is C13H17N5O2S. The maximum atomic E-state index is 11.5. The number of hydrogen-bond acceptors (Lipinski definition) is 6. The molecule has 0 spiro atoms. The third-order valence-electron chi connectivity index (χ3n) is 2.98. The second kappa shape index (κ2) is 5.66. The Hall–Kier alpha value is -2.19. The zero-order valence-electron chi connectivity index (χ0n) is 11.8. The molecule has 0 radical (unpaired) electrons. The van der Waals surface area contributed by atoms with Crippen LogP contribution in [-0.4, -0.2) is 18.4 Å². The Morgan fingerprint density at radius 1 is 1.19 bits per heavy atom. The highest BCUT2D eigenvalue weighted by Gasteiger charge is 2.15. The van der Waals surface area contributed by atoms with Gasteiger partial charge in [0.1, 0.15) is 0 Å². The van der Waals surface area contributed by atoms with Crippen LogP contribution in [0.2, 0.25) is 0 Å². The number of rotatable bonds is 4. The summed E-state index contributed by atoms with van der Waals surface area (Å²) in [5.74, 6) is 0. The topological polar surface area (TPSA) is 124 Å². The molecule has 0 saturated heterocycles. The number of nitrogen functional groups attached to an aromatic ring is 1. The minimum absolute atomic E-state index is 0.0139. The molecule has 0 bridgehead atoms. The summed E-state index contributed by atoms with van der Waals surface area (Å²) in [5, 5.41) is 8.29. The van der Waals surface area contributed by atoms with E-state index in [1.54, 1.807) is 25.4 Å². The predicted octanol–water partition coefficient (Wildman–Crippen LogP) is 0.935. The first-order chi connectivity index (χ1) is 9.77. The Bertz CT molecular complexity index is 757. The van der Waals surface area contributed by atoms with Crippen LogP contribution < -0.4 is 16.2 Å². The molecule has 0 aliphatic carbocycles. The van der Waals surface area contributed by atoms with Crippen LogP contribution in [0.1, 0.15) is 17.0 Å². The first kappa shape index (κ1) is 15.2. The minimum Gasteiger partial charge on any atom is -0.399 e. The van der Waals surface area contributed by atoms with Crippen LogP contribution >= 0.6 is 0 Å². The van der Waals surface area contributed by atoms with E-state index in [1.165, 1.54) is 6.07 Å². The van der Waals surface area contributed by atoms with E-state index in [9.17, 15) is 8.42 Å². The maximum absolute atomic E-state index is 11.5. The van der Waals surface area contributed by atoms with Gasteiger partial charge in [0.25, 0.3) is 0 Å². The number of nitrogens with two attached hydrogens (primary N) is 2. The van der Waals surface area contributed by atoms with Crippen molar-refractivity contribution in [3.8, 4) is 0 Å². The summed E-state index contributed by atoms with van der Waals surface area (Å²) in [4.78, 5) is 8.38. The van der Waals surface area contributed by atoms with Crippen molar-refractivity contribution in [2.75, 3.05) is 11.1 Å². The van der Waals surface area contributed by atoms with E-state index in [0.717, 1.165) is 11.4 Å². The third kappa shape index (κ3) is 3.67. The summed E-state index contributed by atoms with van der Waals surface area (Å²) < 4.78 is 23.1. The van der Waals surface area contributed by atoms with Gasteiger partial charge in [-0.3, -0.25) is 9.97 Å². The van der Waals surface area contributed by atoms with E-state index in [2.05, 4.69) is 15.3 Å². The molecule has 2 rings (SSSR count). The molecule has 21 heavy (non-hydrogen) atoms. The van der Waals surface area contributed by atoms with Crippen LogP contribution in [0.15, 0.2) is 29.4 Å². The highest BCUT2D eigenvalue weighted by molar-refractivity contribution is 7.89. The van der Waals surface area contributed by atoms with Gasteiger partial charge in [0.05, 0.1) is 29.0 Å². The molecule has 5 N–H and O–H groups in total. The summed E-state index contributed by atoms with van der Waals surface area (Å²) >= 11 is 0. The van der Waals surface area contributed by atoms with Gasteiger partial charge in [0.2, 0.25) is 10.0 Å². The number of nitrogens with zero attached hydrogens (tertiary/aromatic N) is 2. The molecular weight excluding hydrogens is 290 g/mol. The number of nitrogens with one attached hydrogen (secondary N) is 1. The van der Waals surface area contributed by atoms with Crippen molar-refractivity contribution in [2.24, 2.45) is 5.14 Å². The molecule has 1 heterocycles. The maximum Gasteiger partial charge on any atom is 0.238 e. The largest absolute Gasteiger partial charge is 0.399 e. The summed E-state index contributed by atoms with van der Waals surface area (Å²) in [5.41, 5.74) is 8.73. The molecule has 0 amide bonds. The number of aromatic nitrogens is 2. The molecule has 1 aromatic carbocycles. The fourth-order valence-electron chi connectivity index (χ4n) is 1.88. The van der Waals surface area contributed by atoms with Crippen molar-refractivity contribution in [2.45, 2.75) is 25.3 Å². The lowest BCUT2D eigenvalue weighted by molar-refractivity contribution is 0.597. The molecule has 0 aliphatic rings.